The third-order valence-electron chi connectivity index (χ3n) is 4.54. The van der Waals surface area contributed by atoms with Crippen molar-refractivity contribution in [1.29, 1.82) is 0 Å². The first kappa shape index (κ1) is 14.8. The molecular weight excluding hydrogens is 300 g/mol. The lowest BCUT2D eigenvalue weighted by molar-refractivity contribution is 0.102. The summed E-state index contributed by atoms with van der Waals surface area (Å²) in [6.07, 6.45) is 5.44. The van der Waals surface area contributed by atoms with Crippen molar-refractivity contribution >= 4 is 28.3 Å². The van der Waals surface area contributed by atoms with Gasteiger partial charge >= 0.3 is 0 Å². The highest BCUT2D eigenvalue weighted by molar-refractivity contribution is 6.11. The molecule has 2 N–H and O–H groups in total. The fourth-order valence-electron chi connectivity index (χ4n) is 3.25. The van der Waals surface area contributed by atoms with Gasteiger partial charge in [0.05, 0.1) is 17.4 Å². The highest BCUT2D eigenvalue weighted by Crippen LogP contribution is 2.22. The lowest BCUT2D eigenvalue weighted by Crippen LogP contribution is -2.29. The summed E-state index contributed by atoms with van der Waals surface area (Å²) in [5.41, 5.74) is 4.16. The number of rotatable bonds is 3. The Morgan fingerprint density at radius 1 is 1.04 bits per heavy atom. The number of nitrogens with one attached hydrogen (secondary N) is 2. The van der Waals surface area contributed by atoms with Crippen molar-refractivity contribution in [3.63, 3.8) is 0 Å². The Hall–Kier alpha value is -2.82. The number of carbonyl (C=O) groups excluding carboxylic acids is 1. The Morgan fingerprint density at radius 2 is 1.83 bits per heavy atom. The van der Waals surface area contributed by atoms with E-state index in [0.29, 0.717) is 11.1 Å². The Bertz CT molecular complexity index is 847. The van der Waals surface area contributed by atoms with E-state index < -0.39 is 0 Å². The van der Waals surface area contributed by atoms with Crippen molar-refractivity contribution in [2.75, 3.05) is 23.3 Å². The summed E-state index contributed by atoms with van der Waals surface area (Å²) in [5, 5.41) is 2.96. The van der Waals surface area contributed by atoms with Gasteiger partial charge in [-0.2, -0.15) is 0 Å². The standard InChI is InChI=1S/C19H20N4O/c24-19(16-5-4-6-17-18(16)21-13-20-17)22-14-7-9-15(10-8-14)23-11-2-1-3-12-23/h4-10,13H,1-3,11-12H2,(H,20,21)(H,22,24). The number of benzene rings is 2. The molecule has 2 heterocycles. The lowest BCUT2D eigenvalue weighted by atomic mass is 10.1. The summed E-state index contributed by atoms with van der Waals surface area (Å²) < 4.78 is 0. The van der Waals surface area contributed by atoms with E-state index in [9.17, 15) is 4.79 Å². The predicted molar refractivity (Wildman–Crippen MR) is 96.6 cm³/mol. The molecule has 1 aliphatic rings. The van der Waals surface area contributed by atoms with Crippen LogP contribution in [-0.4, -0.2) is 29.0 Å². The molecule has 0 spiro atoms. The Morgan fingerprint density at radius 3 is 2.62 bits per heavy atom. The highest BCUT2D eigenvalue weighted by atomic mass is 16.1. The molecule has 1 fully saturated rings. The van der Waals surface area contributed by atoms with Gasteiger partial charge in [0.1, 0.15) is 5.52 Å². The van der Waals surface area contributed by atoms with Crippen LogP contribution >= 0.6 is 0 Å². The second-order valence-electron chi connectivity index (χ2n) is 6.15. The third kappa shape index (κ3) is 2.85. The summed E-state index contributed by atoms with van der Waals surface area (Å²) in [7, 11) is 0. The van der Waals surface area contributed by atoms with E-state index in [-0.39, 0.29) is 5.91 Å². The van der Waals surface area contributed by atoms with Crippen molar-refractivity contribution in [2.45, 2.75) is 19.3 Å². The number of para-hydroxylation sites is 1. The fourth-order valence-corrected chi connectivity index (χ4v) is 3.25. The number of nitrogens with zero attached hydrogens (tertiary/aromatic N) is 2. The van der Waals surface area contributed by atoms with Gasteiger partial charge in [-0.3, -0.25) is 4.79 Å². The molecular formula is C19H20N4O. The summed E-state index contributed by atoms with van der Waals surface area (Å²) in [4.78, 5) is 22.2. The third-order valence-corrected chi connectivity index (χ3v) is 4.54. The summed E-state index contributed by atoms with van der Waals surface area (Å²) in [5.74, 6) is -0.140. The van der Waals surface area contributed by atoms with Gasteiger partial charge in [0.15, 0.2) is 0 Å². The molecule has 0 aliphatic carbocycles. The molecule has 4 rings (SSSR count). The number of imidazole rings is 1. The van der Waals surface area contributed by atoms with Crippen LogP contribution in [0.25, 0.3) is 11.0 Å². The highest BCUT2D eigenvalue weighted by Gasteiger charge is 2.13. The number of fused-ring (bicyclic) bond motifs is 1. The first-order chi connectivity index (χ1) is 11.8. The van der Waals surface area contributed by atoms with Gasteiger partial charge in [-0.25, -0.2) is 4.98 Å². The van der Waals surface area contributed by atoms with E-state index in [1.165, 1.54) is 24.9 Å². The van der Waals surface area contributed by atoms with E-state index >= 15 is 0 Å². The second-order valence-corrected chi connectivity index (χ2v) is 6.15. The molecule has 5 heteroatoms. The molecule has 0 saturated carbocycles. The van der Waals surface area contributed by atoms with Crippen LogP contribution in [0.15, 0.2) is 48.8 Å². The molecule has 24 heavy (non-hydrogen) atoms. The van der Waals surface area contributed by atoms with E-state index in [1.54, 1.807) is 12.4 Å². The van der Waals surface area contributed by atoms with Crippen LogP contribution in [0.2, 0.25) is 0 Å². The minimum atomic E-state index is -0.140. The molecule has 2 aromatic carbocycles. The minimum Gasteiger partial charge on any atom is -0.372 e. The number of aromatic nitrogens is 2. The molecule has 3 aromatic rings. The quantitative estimate of drug-likeness (QED) is 0.771. The van der Waals surface area contributed by atoms with Crippen molar-refractivity contribution in [3.8, 4) is 0 Å². The number of hydrogen-bond acceptors (Lipinski definition) is 3. The average molecular weight is 320 g/mol. The van der Waals surface area contributed by atoms with Crippen molar-refractivity contribution in [2.24, 2.45) is 0 Å². The summed E-state index contributed by atoms with van der Waals surface area (Å²) in [6.45, 7) is 2.24. The van der Waals surface area contributed by atoms with E-state index in [2.05, 4.69) is 32.3 Å². The minimum absolute atomic E-state index is 0.140. The van der Waals surface area contributed by atoms with Gasteiger partial charge < -0.3 is 15.2 Å². The Kier molecular flexibility index (Phi) is 3.91. The largest absolute Gasteiger partial charge is 0.372 e. The van der Waals surface area contributed by atoms with Gasteiger partial charge in [0.25, 0.3) is 5.91 Å². The Balaban J connectivity index is 1.50. The number of H-pyrrole nitrogens is 1. The molecule has 1 aromatic heterocycles. The van der Waals surface area contributed by atoms with E-state index in [4.69, 9.17) is 0 Å². The van der Waals surface area contributed by atoms with Gasteiger partial charge in [-0.05, 0) is 55.7 Å². The first-order valence-corrected chi connectivity index (χ1v) is 8.40. The number of amides is 1. The van der Waals surface area contributed by atoms with Crippen LogP contribution in [0.1, 0.15) is 29.6 Å². The number of carbonyl (C=O) groups is 1. The number of hydrogen-bond donors (Lipinski definition) is 2. The van der Waals surface area contributed by atoms with Gasteiger partial charge in [-0.1, -0.05) is 6.07 Å². The monoisotopic (exact) mass is 320 g/mol. The molecule has 1 saturated heterocycles. The number of piperidine rings is 1. The molecule has 1 amide bonds. The summed E-state index contributed by atoms with van der Waals surface area (Å²) >= 11 is 0. The molecule has 0 bridgehead atoms. The molecule has 0 radical (unpaired) electrons. The van der Waals surface area contributed by atoms with Crippen LogP contribution in [0, 0.1) is 0 Å². The maximum Gasteiger partial charge on any atom is 0.257 e. The van der Waals surface area contributed by atoms with Crippen LogP contribution < -0.4 is 10.2 Å². The second kappa shape index (κ2) is 6.35. The SMILES string of the molecule is O=C(Nc1ccc(N2CCCCC2)cc1)c1cccc2[nH]cnc12. The number of anilines is 2. The zero-order chi connectivity index (χ0) is 16.4. The van der Waals surface area contributed by atoms with Crippen LogP contribution in [0.4, 0.5) is 11.4 Å². The zero-order valence-corrected chi connectivity index (χ0v) is 13.5. The molecule has 1 aliphatic heterocycles. The van der Waals surface area contributed by atoms with Crippen LogP contribution in [0.3, 0.4) is 0 Å². The number of aromatic amines is 1. The molecule has 5 nitrogen and oxygen atoms in total. The van der Waals surface area contributed by atoms with Crippen LogP contribution in [0.5, 0.6) is 0 Å². The van der Waals surface area contributed by atoms with Crippen LogP contribution in [-0.2, 0) is 0 Å². The normalized spacial score (nSPS) is 14.8. The van der Waals surface area contributed by atoms with Gasteiger partial charge in [0.2, 0.25) is 0 Å². The smallest absolute Gasteiger partial charge is 0.257 e. The average Bonchev–Trinajstić information content (AvgIpc) is 3.12. The van der Waals surface area contributed by atoms with Crippen molar-refractivity contribution in [1.82, 2.24) is 9.97 Å². The lowest BCUT2D eigenvalue weighted by Gasteiger charge is -2.28. The summed E-state index contributed by atoms with van der Waals surface area (Å²) in [6, 6.07) is 13.6. The Labute approximate surface area is 140 Å². The molecule has 122 valence electrons. The van der Waals surface area contributed by atoms with Crippen molar-refractivity contribution < 1.29 is 4.79 Å². The maximum atomic E-state index is 12.5. The maximum absolute atomic E-state index is 12.5. The topological polar surface area (TPSA) is 61.0 Å². The van der Waals surface area contributed by atoms with E-state index in [1.807, 2.05) is 24.3 Å². The first-order valence-electron chi connectivity index (χ1n) is 8.40. The molecule has 0 atom stereocenters. The zero-order valence-electron chi connectivity index (χ0n) is 13.5. The predicted octanol–water partition coefficient (Wildman–Crippen LogP) is 3.81. The fraction of sp³-hybridized carbons (Fsp3) is 0.263. The van der Waals surface area contributed by atoms with Gasteiger partial charge in [0, 0.05) is 24.5 Å². The van der Waals surface area contributed by atoms with Gasteiger partial charge in [-0.15, -0.1) is 0 Å². The van der Waals surface area contributed by atoms with E-state index in [0.717, 1.165) is 24.3 Å². The van der Waals surface area contributed by atoms with Crippen molar-refractivity contribution in [3.05, 3.63) is 54.4 Å². The molecule has 0 unspecified atom stereocenters.